The van der Waals surface area contributed by atoms with Gasteiger partial charge in [-0.1, -0.05) is 26.7 Å². The minimum absolute atomic E-state index is 0.0532. The lowest BCUT2D eigenvalue weighted by atomic mass is 9.70. The van der Waals surface area contributed by atoms with Gasteiger partial charge in [-0.2, -0.15) is 0 Å². The second-order valence-electron chi connectivity index (χ2n) is 6.07. The largest absolute Gasteiger partial charge is 0.480 e. The van der Waals surface area contributed by atoms with Crippen LogP contribution in [-0.4, -0.2) is 35.1 Å². The van der Waals surface area contributed by atoms with Crippen molar-refractivity contribution in [2.75, 3.05) is 13.1 Å². The van der Waals surface area contributed by atoms with Gasteiger partial charge in [0.25, 0.3) is 0 Å². The van der Waals surface area contributed by atoms with Crippen molar-refractivity contribution < 1.29 is 9.90 Å². The van der Waals surface area contributed by atoms with Crippen LogP contribution in [0.5, 0.6) is 0 Å². The van der Waals surface area contributed by atoms with Gasteiger partial charge in [-0.15, -0.1) is 6.42 Å². The van der Waals surface area contributed by atoms with Gasteiger partial charge >= 0.3 is 5.97 Å². The van der Waals surface area contributed by atoms with E-state index in [2.05, 4.69) is 26.7 Å². The van der Waals surface area contributed by atoms with E-state index in [4.69, 9.17) is 11.5 Å². The molecule has 0 aromatic carbocycles. The van der Waals surface area contributed by atoms with Gasteiger partial charge in [0.1, 0.15) is 0 Å². The maximum Gasteiger partial charge on any atom is 0.317 e. The molecule has 96 valence electrons. The molecule has 17 heavy (non-hydrogen) atoms. The Kier molecular flexibility index (Phi) is 4.59. The van der Waals surface area contributed by atoms with E-state index in [1.54, 1.807) is 0 Å². The number of carboxylic acid groups (broad SMARTS) is 1. The Morgan fingerprint density at radius 2 is 2.18 bits per heavy atom. The minimum Gasteiger partial charge on any atom is -0.480 e. The summed E-state index contributed by atoms with van der Waals surface area (Å²) < 4.78 is 0. The first-order valence-corrected chi connectivity index (χ1v) is 6.23. The van der Waals surface area contributed by atoms with Crippen LogP contribution in [0.2, 0.25) is 0 Å². The zero-order valence-corrected chi connectivity index (χ0v) is 11.1. The monoisotopic (exact) mass is 237 g/mol. The fourth-order valence-corrected chi connectivity index (χ4v) is 3.18. The molecule has 1 saturated carbocycles. The van der Waals surface area contributed by atoms with Crippen LogP contribution in [0.4, 0.5) is 0 Å². The van der Waals surface area contributed by atoms with Crippen molar-refractivity contribution >= 4 is 5.97 Å². The highest BCUT2D eigenvalue weighted by molar-refractivity contribution is 5.69. The van der Waals surface area contributed by atoms with Crippen LogP contribution in [0.1, 0.15) is 40.0 Å². The molecule has 0 aliphatic heterocycles. The molecule has 0 saturated heterocycles. The summed E-state index contributed by atoms with van der Waals surface area (Å²) in [6.07, 6.45) is 8.63. The van der Waals surface area contributed by atoms with Crippen LogP contribution >= 0.6 is 0 Å². The highest BCUT2D eigenvalue weighted by Crippen LogP contribution is 2.40. The molecule has 0 radical (unpaired) electrons. The summed E-state index contributed by atoms with van der Waals surface area (Å²) in [6, 6.07) is 0.306. The number of terminal acetylenes is 1. The number of rotatable bonds is 4. The normalized spacial score (nSPS) is 27.7. The number of carbonyl (C=O) groups is 1. The zero-order chi connectivity index (χ0) is 13.1. The molecule has 1 N–H and O–H groups in total. The van der Waals surface area contributed by atoms with Gasteiger partial charge in [0.15, 0.2) is 0 Å². The van der Waals surface area contributed by atoms with Crippen molar-refractivity contribution in [3.63, 3.8) is 0 Å². The van der Waals surface area contributed by atoms with Crippen molar-refractivity contribution in [1.82, 2.24) is 4.90 Å². The Labute approximate surface area is 104 Å². The number of aliphatic carboxylic acids is 1. The summed E-state index contributed by atoms with van der Waals surface area (Å²) in [6.45, 7) is 7.23. The average molecular weight is 237 g/mol. The highest BCUT2D eigenvalue weighted by Gasteiger charge is 2.35. The molecule has 0 bridgehead atoms. The highest BCUT2D eigenvalue weighted by atomic mass is 16.4. The number of hydrogen-bond acceptors (Lipinski definition) is 2. The molecule has 1 aliphatic rings. The number of carboxylic acids is 1. The summed E-state index contributed by atoms with van der Waals surface area (Å²) in [5, 5.41) is 8.93. The van der Waals surface area contributed by atoms with E-state index >= 15 is 0 Å². The third-order valence-corrected chi connectivity index (χ3v) is 3.51. The predicted octanol–water partition coefficient (Wildman–Crippen LogP) is 2.22. The van der Waals surface area contributed by atoms with Crippen molar-refractivity contribution in [3.05, 3.63) is 0 Å². The third-order valence-electron chi connectivity index (χ3n) is 3.51. The average Bonchev–Trinajstić information content (AvgIpc) is 2.13. The predicted molar refractivity (Wildman–Crippen MR) is 68.6 cm³/mol. The maximum atomic E-state index is 10.9. The molecular formula is C14H23NO2. The van der Waals surface area contributed by atoms with Crippen molar-refractivity contribution in [1.29, 1.82) is 0 Å². The second kappa shape index (κ2) is 5.55. The Hall–Kier alpha value is -1.01. The van der Waals surface area contributed by atoms with Gasteiger partial charge in [0.2, 0.25) is 0 Å². The Bertz CT molecular complexity index is 317. The van der Waals surface area contributed by atoms with Gasteiger partial charge in [0, 0.05) is 6.04 Å². The summed E-state index contributed by atoms with van der Waals surface area (Å²) in [4.78, 5) is 12.8. The van der Waals surface area contributed by atoms with Gasteiger partial charge < -0.3 is 5.11 Å². The van der Waals surface area contributed by atoms with Gasteiger partial charge in [-0.25, -0.2) is 0 Å². The molecule has 1 fully saturated rings. The van der Waals surface area contributed by atoms with Gasteiger partial charge in [-0.05, 0) is 30.6 Å². The standard InChI is InChI=1S/C14H23NO2/c1-5-6-15(10-13(16)17)12-7-11(2)8-14(3,4)9-12/h1,11-12H,6-10H2,2-4H3,(H,16,17). The molecule has 0 heterocycles. The molecule has 0 aromatic rings. The Morgan fingerprint density at radius 3 is 2.65 bits per heavy atom. The lowest BCUT2D eigenvalue weighted by Crippen LogP contribution is -2.45. The summed E-state index contributed by atoms with van der Waals surface area (Å²) in [5.74, 6) is 2.42. The quantitative estimate of drug-likeness (QED) is 0.762. The molecule has 0 aromatic heterocycles. The van der Waals surface area contributed by atoms with Crippen LogP contribution in [-0.2, 0) is 4.79 Å². The molecular weight excluding hydrogens is 214 g/mol. The first-order valence-electron chi connectivity index (χ1n) is 6.23. The second-order valence-corrected chi connectivity index (χ2v) is 6.07. The van der Waals surface area contributed by atoms with Crippen LogP contribution < -0.4 is 0 Å². The van der Waals surface area contributed by atoms with Crippen LogP contribution in [0.25, 0.3) is 0 Å². The zero-order valence-electron chi connectivity index (χ0n) is 11.1. The number of nitrogens with zero attached hydrogens (tertiary/aromatic N) is 1. The summed E-state index contributed by atoms with van der Waals surface area (Å²) in [5.41, 5.74) is 0.285. The van der Waals surface area contributed by atoms with Gasteiger partial charge in [0.05, 0.1) is 13.1 Å². The van der Waals surface area contributed by atoms with Crippen LogP contribution in [0.3, 0.4) is 0 Å². The number of hydrogen-bond donors (Lipinski definition) is 1. The molecule has 3 nitrogen and oxygen atoms in total. The molecule has 3 heteroatoms. The van der Waals surface area contributed by atoms with Crippen molar-refractivity contribution in [3.8, 4) is 12.3 Å². The lowest BCUT2D eigenvalue weighted by Gasteiger charge is -2.43. The van der Waals surface area contributed by atoms with Gasteiger partial charge in [-0.3, -0.25) is 9.69 Å². The molecule has 0 amide bonds. The van der Waals surface area contributed by atoms with E-state index in [1.165, 1.54) is 6.42 Å². The van der Waals surface area contributed by atoms with E-state index in [0.29, 0.717) is 18.5 Å². The lowest BCUT2D eigenvalue weighted by molar-refractivity contribution is -0.139. The Morgan fingerprint density at radius 1 is 1.53 bits per heavy atom. The van der Waals surface area contributed by atoms with Crippen molar-refractivity contribution in [2.24, 2.45) is 11.3 Å². The van der Waals surface area contributed by atoms with Crippen LogP contribution in [0, 0.1) is 23.7 Å². The Balaban J connectivity index is 2.72. The summed E-state index contributed by atoms with van der Waals surface area (Å²) in [7, 11) is 0. The molecule has 2 unspecified atom stereocenters. The third kappa shape index (κ3) is 4.40. The fourth-order valence-electron chi connectivity index (χ4n) is 3.18. The van der Waals surface area contributed by atoms with E-state index in [9.17, 15) is 4.79 Å². The molecule has 0 spiro atoms. The molecule has 2 atom stereocenters. The topological polar surface area (TPSA) is 40.5 Å². The van der Waals surface area contributed by atoms with E-state index < -0.39 is 5.97 Å². The van der Waals surface area contributed by atoms with E-state index in [0.717, 1.165) is 12.8 Å². The first kappa shape index (κ1) is 14.1. The minimum atomic E-state index is -0.795. The first-order chi connectivity index (χ1) is 7.84. The summed E-state index contributed by atoms with van der Waals surface area (Å²) >= 11 is 0. The fraction of sp³-hybridized carbons (Fsp3) is 0.786. The maximum absolute atomic E-state index is 10.9. The molecule has 1 rings (SSSR count). The van der Waals surface area contributed by atoms with E-state index in [1.807, 2.05) is 4.90 Å². The smallest absolute Gasteiger partial charge is 0.317 e. The molecule has 1 aliphatic carbocycles. The van der Waals surface area contributed by atoms with E-state index in [-0.39, 0.29) is 12.0 Å². The SMILES string of the molecule is C#CCN(CC(=O)O)C1CC(C)CC(C)(C)C1. The van der Waals surface area contributed by atoms with Crippen molar-refractivity contribution in [2.45, 2.75) is 46.1 Å². The van der Waals surface area contributed by atoms with Crippen LogP contribution in [0.15, 0.2) is 0 Å².